The Bertz CT molecular complexity index is 402. The summed E-state index contributed by atoms with van der Waals surface area (Å²) in [5.74, 6) is 0. The molecule has 0 radical (unpaired) electrons. The first-order chi connectivity index (χ1) is 7.48. The van der Waals surface area contributed by atoms with Crippen molar-refractivity contribution >= 4 is 0 Å². The van der Waals surface area contributed by atoms with Crippen LogP contribution in [0.15, 0.2) is 11.1 Å². The lowest BCUT2D eigenvalue weighted by Crippen LogP contribution is -2.49. The molecule has 5 nitrogen and oxygen atoms in total. The molecule has 2 unspecified atom stereocenters. The van der Waals surface area contributed by atoms with Gasteiger partial charge >= 0.3 is 11.9 Å². The fraction of sp³-hybridized carbons (Fsp3) is 0.750. The molecular weight excluding hydrogens is 225 g/mol. The first-order valence-corrected chi connectivity index (χ1v) is 4.90. The van der Waals surface area contributed by atoms with Crippen LogP contribution < -0.4 is 11.0 Å². The summed E-state index contributed by atoms with van der Waals surface area (Å²) in [7, 11) is 0. The number of aromatic amines is 1. The van der Waals surface area contributed by atoms with Gasteiger partial charge in [-0.25, -0.2) is 9.89 Å². The Morgan fingerprint density at radius 2 is 2.19 bits per heavy atom. The van der Waals surface area contributed by atoms with Crippen molar-refractivity contribution in [1.82, 2.24) is 20.1 Å². The van der Waals surface area contributed by atoms with Crippen LogP contribution in [0.4, 0.5) is 13.2 Å². The van der Waals surface area contributed by atoms with Crippen molar-refractivity contribution < 1.29 is 13.2 Å². The van der Waals surface area contributed by atoms with E-state index in [1.807, 2.05) is 0 Å². The molecule has 1 fully saturated rings. The molecule has 1 aliphatic rings. The van der Waals surface area contributed by atoms with Crippen molar-refractivity contribution in [2.24, 2.45) is 0 Å². The van der Waals surface area contributed by atoms with Crippen LogP contribution in [-0.4, -0.2) is 33.5 Å². The monoisotopic (exact) mass is 236 g/mol. The highest BCUT2D eigenvalue weighted by atomic mass is 19.4. The highest BCUT2D eigenvalue weighted by Crippen LogP contribution is 2.28. The number of halogens is 3. The predicted octanol–water partition coefficient (Wildman–Crippen LogP) is 0.427. The van der Waals surface area contributed by atoms with E-state index in [2.05, 4.69) is 15.5 Å². The molecule has 2 N–H and O–H groups in total. The van der Waals surface area contributed by atoms with Gasteiger partial charge < -0.3 is 5.32 Å². The second-order valence-electron chi connectivity index (χ2n) is 3.80. The summed E-state index contributed by atoms with van der Waals surface area (Å²) in [6.07, 6.45) is -2.61. The van der Waals surface area contributed by atoms with Gasteiger partial charge in [0.2, 0.25) is 0 Å². The summed E-state index contributed by atoms with van der Waals surface area (Å²) in [5, 5.41) is 8.15. The number of piperidine rings is 1. The molecule has 0 amide bonds. The molecule has 1 saturated heterocycles. The van der Waals surface area contributed by atoms with Crippen LogP contribution in [0.25, 0.3) is 0 Å². The van der Waals surface area contributed by atoms with E-state index in [1.165, 1.54) is 10.9 Å². The summed E-state index contributed by atoms with van der Waals surface area (Å²) in [6, 6.07) is -1.73. The minimum absolute atomic E-state index is 0.0220. The van der Waals surface area contributed by atoms with Crippen molar-refractivity contribution in [2.75, 3.05) is 6.54 Å². The van der Waals surface area contributed by atoms with Crippen molar-refractivity contribution in [3.05, 3.63) is 16.8 Å². The summed E-state index contributed by atoms with van der Waals surface area (Å²) in [6.45, 7) is 0.129. The fourth-order valence-electron chi connectivity index (χ4n) is 1.87. The SMILES string of the molecule is O=c1[nH]ncn1C1CCC(C(F)(F)F)NC1. The number of rotatable bonds is 1. The maximum atomic E-state index is 12.3. The topological polar surface area (TPSA) is 62.7 Å². The molecule has 1 aromatic rings. The first kappa shape index (κ1) is 11.2. The summed E-state index contributed by atoms with van der Waals surface area (Å²) >= 11 is 0. The second kappa shape index (κ2) is 3.93. The highest BCUT2D eigenvalue weighted by Gasteiger charge is 2.41. The number of nitrogens with zero attached hydrogens (tertiary/aromatic N) is 2. The van der Waals surface area contributed by atoms with Gasteiger partial charge in [0.15, 0.2) is 0 Å². The molecule has 8 heteroatoms. The first-order valence-electron chi connectivity index (χ1n) is 4.90. The van der Waals surface area contributed by atoms with Gasteiger partial charge in [0.1, 0.15) is 12.4 Å². The number of nitrogens with one attached hydrogen (secondary N) is 2. The molecule has 0 aliphatic carbocycles. The van der Waals surface area contributed by atoms with Gasteiger partial charge in [-0.2, -0.15) is 18.3 Å². The minimum Gasteiger partial charge on any atom is -0.304 e. The third-order valence-corrected chi connectivity index (χ3v) is 2.75. The Morgan fingerprint density at radius 3 is 2.62 bits per heavy atom. The van der Waals surface area contributed by atoms with Crippen molar-refractivity contribution in [1.29, 1.82) is 0 Å². The van der Waals surface area contributed by atoms with Crippen LogP contribution in [0.1, 0.15) is 18.9 Å². The van der Waals surface area contributed by atoms with Gasteiger partial charge in [-0.3, -0.25) is 4.57 Å². The number of alkyl halides is 3. The van der Waals surface area contributed by atoms with E-state index in [0.717, 1.165) is 0 Å². The van der Waals surface area contributed by atoms with E-state index < -0.39 is 17.9 Å². The van der Waals surface area contributed by atoms with Gasteiger partial charge in [-0.15, -0.1) is 0 Å². The lowest BCUT2D eigenvalue weighted by molar-refractivity contribution is -0.161. The van der Waals surface area contributed by atoms with Crippen LogP contribution in [-0.2, 0) is 0 Å². The predicted molar refractivity (Wildman–Crippen MR) is 49.0 cm³/mol. The van der Waals surface area contributed by atoms with E-state index in [-0.39, 0.29) is 19.0 Å². The van der Waals surface area contributed by atoms with Crippen molar-refractivity contribution in [3.8, 4) is 0 Å². The van der Waals surface area contributed by atoms with Gasteiger partial charge in [0.25, 0.3) is 0 Å². The van der Waals surface area contributed by atoms with Gasteiger partial charge in [0.05, 0.1) is 6.04 Å². The zero-order valence-electron chi connectivity index (χ0n) is 8.29. The Morgan fingerprint density at radius 1 is 1.44 bits per heavy atom. The third kappa shape index (κ3) is 2.11. The van der Waals surface area contributed by atoms with E-state index >= 15 is 0 Å². The Hall–Kier alpha value is -1.31. The number of H-pyrrole nitrogens is 1. The zero-order valence-corrected chi connectivity index (χ0v) is 8.29. The molecule has 16 heavy (non-hydrogen) atoms. The number of hydrogen-bond donors (Lipinski definition) is 2. The molecule has 90 valence electrons. The van der Waals surface area contributed by atoms with E-state index in [0.29, 0.717) is 6.42 Å². The number of hydrogen-bond acceptors (Lipinski definition) is 3. The van der Waals surface area contributed by atoms with Crippen LogP contribution in [0.3, 0.4) is 0 Å². The smallest absolute Gasteiger partial charge is 0.304 e. The fourth-order valence-corrected chi connectivity index (χ4v) is 1.87. The van der Waals surface area contributed by atoms with Crippen LogP contribution in [0.2, 0.25) is 0 Å². The standard InChI is InChI=1S/C8H11F3N4O/c9-8(10,11)6-2-1-5(3-12-6)15-4-13-14-7(15)16/h4-6,12H,1-3H2,(H,14,16). The highest BCUT2D eigenvalue weighted by molar-refractivity contribution is 4.86. The lowest BCUT2D eigenvalue weighted by Gasteiger charge is -2.31. The Balaban J connectivity index is 2.01. The normalized spacial score (nSPS) is 26.9. The molecule has 1 aliphatic heterocycles. The number of aromatic nitrogens is 3. The molecular formula is C8H11F3N4O. The second-order valence-corrected chi connectivity index (χ2v) is 3.80. The minimum atomic E-state index is -4.22. The third-order valence-electron chi connectivity index (χ3n) is 2.75. The average Bonchev–Trinajstić information content (AvgIpc) is 2.63. The lowest BCUT2D eigenvalue weighted by atomic mass is 10.0. The van der Waals surface area contributed by atoms with E-state index in [1.54, 1.807) is 0 Å². The molecule has 1 aromatic heterocycles. The molecule has 0 saturated carbocycles. The van der Waals surface area contributed by atoms with Crippen LogP contribution in [0.5, 0.6) is 0 Å². The maximum absolute atomic E-state index is 12.3. The molecule has 2 heterocycles. The van der Waals surface area contributed by atoms with Crippen molar-refractivity contribution in [3.63, 3.8) is 0 Å². The maximum Gasteiger partial charge on any atom is 0.403 e. The summed E-state index contributed by atoms with van der Waals surface area (Å²) in [4.78, 5) is 11.2. The van der Waals surface area contributed by atoms with E-state index in [9.17, 15) is 18.0 Å². The molecule has 0 bridgehead atoms. The van der Waals surface area contributed by atoms with Gasteiger partial charge in [-0.05, 0) is 12.8 Å². The summed E-state index contributed by atoms with van der Waals surface area (Å²) in [5.41, 5.74) is -0.391. The molecule has 0 spiro atoms. The van der Waals surface area contributed by atoms with E-state index in [4.69, 9.17) is 0 Å². The van der Waals surface area contributed by atoms with Crippen LogP contribution in [0, 0.1) is 0 Å². The van der Waals surface area contributed by atoms with Gasteiger partial charge in [0, 0.05) is 6.54 Å². The Kier molecular flexibility index (Phi) is 2.75. The summed E-state index contributed by atoms with van der Waals surface area (Å²) < 4.78 is 38.3. The molecule has 2 atom stereocenters. The largest absolute Gasteiger partial charge is 0.403 e. The molecule has 2 rings (SSSR count). The van der Waals surface area contributed by atoms with Crippen molar-refractivity contribution in [2.45, 2.75) is 31.1 Å². The zero-order chi connectivity index (χ0) is 11.8. The van der Waals surface area contributed by atoms with Gasteiger partial charge in [-0.1, -0.05) is 0 Å². The molecule has 0 aromatic carbocycles. The quantitative estimate of drug-likeness (QED) is 0.743. The average molecular weight is 236 g/mol. The van der Waals surface area contributed by atoms with Crippen LogP contribution >= 0.6 is 0 Å². The Labute approximate surface area is 88.7 Å².